The first-order valence-electron chi connectivity index (χ1n) is 10.3. The maximum atomic E-state index is 10.2. The second-order valence-electron chi connectivity index (χ2n) is 7.68. The van der Waals surface area contributed by atoms with E-state index in [1.807, 2.05) is 18.2 Å². The molecular formula is C25H25NO3. The molecule has 0 aromatic heterocycles. The van der Waals surface area contributed by atoms with Gasteiger partial charge in [0.05, 0.1) is 18.8 Å². The minimum absolute atomic E-state index is 0.0965. The number of phenols is 1. The van der Waals surface area contributed by atoms with E-state index in [0.717, 1.165) is 42.4 Å². The van der Waals surface area contributed by atoms with Gasteiger partial charge >= 0.3 is 0 Å². The van der Waals surface area contributed by atoms with Crippen molar-refractivity contribution in [2.45, 2.75) is 18.8 Å². The van der Waals surface area contributed by atoms with Gasteiger partial charge in [0, 0.05) is 23.9 Å². The normalized spacial score (nSPS) is 20.2. The summed E-state index contributed by atoms with van der Waals surface area (Å²) in [6.07, 6.45) is 0. The van der Waals surface area contributed by atoms with Crippen LogP contribution in [0.25, 0.3) is 0 Å². The third-order valence-electron chi connectivity index (χ3n) is 6.06. The third kappa shape index (κ3) is 3.19. The van der Waals surface area contributed by atoms with E-state index >= 15 is 0 Å². The van der Waals surface area contributed by atoms with Crippen LogP contribution in [0, 0.1) is 0 Å². The van der Waals surface area contributed by atoms with Crippen molar-refractivity contribution in [1.82, 2.24) is 0 Å². The van der Waals surface area contributed by atoms with Gasteiger partial charge in [-0.15, -0.1) is 0 Å². The number of likely N-dealkylation sites (N-methyl/N-ethyl adjacent to an activating group) is 1. The molecule has 0 saturated carbocycles. The lowest BCUT2D eigenvalue weighted by Gasteiger charge is -2.36. The Kier molecular flexibility index (Phi) is 4.55. The zero-order valence-electron chi connectivity index (χ0n) is 16.5. The van der Waals surface area contributed by atoms with Crippen molar-refractivity contribution in [1.29, 1.82) is 0 Å². The monoisotopic (exact) mass is 387 g/mol. The molecule has 3 aromatic carbocycles. The average molecular weight is 387 g/mol. The van der Waals surface area contributed by atoms with E-state index in [0.29, 0.717) is 6.61 Å². The lowest BCUT2D eigenvalue weighted by Crippen LogP contribution is -2.32. The summed E-state index contributed by atoms with van der Waals surface area (Å²) in [6, 6.07) is 22.4. The number of aromatic hydroxyl groups is 1. The third-order valence-corrected chi connectivity index (χ3v) is 6.06. The van der Waals surface area contributed by atoms with Gasteiger partial charge < -0.3 is 19.5 Å². The van der Waals surface area contributed by atoms with Gasteiger partial charge in [-0.2, -0.15) is 0 Å². The van der Waals surface area contributed by atoms with Gasteiger partial charge in [-0.3, -0.25) is 0 Å². The number of rotatable bonds is 3. The average Bonchev–Trinajstić information content (AvgIpc) is 2.78. The second-order valence-corrected chi connectivity index (χ2v) is 7.68. The number of ether oxygens (including phenoxy) is 2. The van der Waals surface area contributed by atoms with Crippen LogP contribution in [-0.4, -0.2) is 31.4 Å². The van der Waals surface area contributed by atoms with Crippen LogP contribution in [0.2, 0.25) is 0 Å². The van der Waals surface area contributed by atoms with Gasteiger partial charge in [-0.05, 0) is 48.4 Å². The first-order valence-corrected chi connectivity index (χ1v) is 10.3. The summed E-state index contributed by atoms with van der Waals surface area (Å²) in [4.78, 5) is 2.36. The summed E-state index contributed by atoms with van der Waals surface area (Å²) in [7, 11) is 0. The van der Waals surface area contributed by atoms with Crippen LogP contribution >= 0.6 is 0 Å². The summed E-state index contributed by atoms with van der Waals surface area (Å²) < 4.78 is 12.0. The molecule has 2 heterocycles. The molecule has 0 saturated heterocycles. The summed E-state index contributed by atoms with van der Waals surface area (Å²) in [5, 5.41) is 10.2. The van der Waals surface area contributed by atoms with Crippen molar-refractivity contribution < 1.29 is 14.6 Å². The quantitative estimate of drug-likeness (QED) is 0.693. The van der Waals surface area contributed by atoms with Crippen molar-refractivity contribution in [2.75, 3.05) is 31.2 Å². The maximum absolute atomic E-state index is 10.2. The van der Waals surface area contributed by atoms with Crippen LogP contribution in [0.4, 0.5) is 5.69 Å². The van der Waals surface area contributed by atoms with Crippen molar-refractivity contribution in [2.24, 2.45) is 0 Å². The maximum Gasteiger partial charge on any atom is 0.142 e. The summed E-state index contributed by atoms with van der Waals surface area (Å²) in [5.41, 5.74) is 4.64. The zero-order chi connectivity index (χ0) is 19.8. The first kappa shape index (κ1) is 17.9. The van der Waals surface area contributed by atoms with Gasteiger partial charge in [0.2, 0.25) is 0 Å². The van der Waals surface area contributed by atoms with Crippen molar-refractivity contribution in [3.05, 3.63) is 83.4 Å². The number of fused-ring (bicyclic) bond motifs is 2. The Hall–Kier alpha value is -3.14. The fraction of sp³-hybridized carbons (Fsp3) is 0.280. The zero-order valence-corrected chi connectivity index (χ0v) is 16.5. The van der Waals surface area contributed by atoms with Crippen LogP contribution in [0.1, 0.15) is 35.4 Å². The minimum atomic E-state index is 0.0965. The van der Waals surface area contributed by atoms with E-state index in [1.54, 1.807) is 6.07 Å². The topological polar surface area (TPSA) is 41.9 Å². The number of hydrogen-bond acceptors (Lipinski definition) is 4. The van der Waals surface area contributed by atoms with Gasteiger partial charge in [-0.1, -0.05) is 36.4 Å². The van der Waals surface area contributed by atoms with Gasteiger partial charge in [0.25, 0.3) is 0 Å². The molecule has 5 rings (SSSR count). The number of hydrogen-bond donors (Lipinski definition) is 1. The highest BCUT2D eigenvalue weighted by molar-refractivity contribution is 5.63. The molecule has 4 heteroatoms. The van der Waals surface area contributed by atoms with E-state index in [2.05, 4.69) is 54.3 Å². The Labute approximate surface area is 171 Å². The lowest BCUT2D eigenvalue weighted by atomic mass is 9.75. The molecule has 2 aliphatic rings. The molecule has 0 spiro atoms. The predicted molar refractivity (Wildman–Crippen MR) is 114 cm³/mol. The number of anilines is 1. The van der Waals surface area contributed by atoms with Crippen LogP contribution in [-0.2, 0) is 0 Å². The molecular weight excluding hydrogens is 362 g/mol. The Balaban J connectivity index is 1.66. The largest absolute Gasteiger partial charge is 0.508 e. The number of benzene rings is 3. The molecule has 29 heavy (non-hydrogen) atoms. The van der Waals surface area contributed by atoms with E-state index in [9.17, 15) is 5.11 Å². The van der Waals surface area contributed by atoms with Crippen molar-refractivity contribution in [3.63, 3.8) is 0 Å². The van der Waals surface area contributed by atoms with Crippen LogP contribution in [0.15, 0.2) is 66.7 Å². The molecule has 2 atom stereocenters. The Morgan fingerprint density at radius 2 is 1.76 bits per heavy atom. The van der Waals surface area contributed by atoms with Crippen LogP contribution in [0.5, 0.6) is 17.2 Å². The number of phenolic OH excluding ortho intramolecular Hbond substituents is 1. The number of nitrogens with zero attached hydrogens (tertiary/aromatic N) is 1. The van der Waals surface area contributed by atoms with E-state index in [-0.39, 0.29) is 17.6 Å². The smallest absolute Gasteiger partial charge is 0.142 e. The molecule has 0 unspecified atom stereocenters. The van der Waals surface area contributed by atoms with Crippen molar-refractivity contribution >= 4 is 5.69 Å². The van der Waals surface area contributed by atoms with Crippen LogP contribution in [0.3, 0.4) is 0 Å². The molecule has 0 aliphatic carbocycles. The predicted octanol–water partition coefficient (Wildman–Crippen LogP) is 4.92. The fourth-order valence-corrected chi connectivity index (χ4v) is 4.62. The lowest BCUT2D eigenvalue weighted by molar-refractivity contribution is 0.248. The molecule has 0 amide bonds. The SMILES string of the molecule is CCN1CCOc2ccc([C@@H]3c4cc(O)ccc4OC[C@H]3c3ccccc3)cc21. The molecule has 0 fully saturated rings. The molecule has 148 valence electrons. The molecule has 1 N–H and O–H groups in total. The highest BCUT2D eigenvalue weighted by atomic mass is 16.5. The van der Waals surface area contributed by atoms with Crippen molar-refractivity contribution in [3.8, 4) is 17.2 Å². The molecule has 0 radical (unpaired) electrons. The fourth-order valence-electron chi connectivity index (χ4n) is 4.62. The standard InChI is InChI=1S/C25H25NO3/c1-2-26-12-13-28-24-10-8-18(14-22(24)26)25-20-15-19(27)9-11-23(20)29-16-21(25)17-6-4-3-5-7-17/h3-11,14-15,21,25,27H,2,12-13,16H2,1H3/t21-,25+/m0/s1. The summed E-state index contributed by atoms with van der Waals surface area (Å²) in [6.45, 7) is 5.36. The highest BCUT2D eigenvalue weighted by Crippen LogP contribution is 2.48. The minimum Gasteiger partial charge on any atom is -0.508 e. The highest BCUT2D eigenvalue weighted by Gasteiger charge is 2.34. The Bertz CT molecular complexity index is 1020. The van der Waals surface area contributed by atoms with Gasteiger partial charge in [-0.25, -0.2) is 0 Å². The Morgan fingerprint density at radius 1 is 0.931 bits per heavy atom. The van der Waals surface area contributed by atoms with Crippen LogP contribution < -0.4 is 14.4 Å². The summed E-state index contributed by atoms with van der Waals surface area (Å²) >= 11 is 0. The Morgan fingerprint density at radius 3 is 2.59 bits per heavy atom. The molecule has 4 nitrogen and oxygen atoms in total. The molecule has 3 aromatic rings. The van der Waals surface area contributed by atoms with E-state index in [4.69, 9.17) is 9.47 Å². The summed E-state index contributed by atoms with van der Waals surface area (Å²) in [5.74, 6) is 2.33. The molecule has 0 bridgehead atoms. The first-order chi connectivity index (χ1) is 14.2. The second kappa shape index (κ2) is 7.36. The molecule has 2 aliphatic heterocycles. The van der Waals surface area contributed by atoms with Gasteiger partial charge in [0.15, 0.2) is 0 Å². The van der Waals surface area contributed by atoms with Gasteiger partial charge in [0.1, 0.15) is 23.9 Å². The van der Waals surface area contributed by atoms with E-state index in [1.165, 1.54) is 11.1 Å². The van der Waals surface area contributed by atoms with E-state index < -0.39 is 0 Å².